The smallest absolute Gasteiger partial charge is 0.323 e. The molecule has 1 aliphatic heterocycles. The molecule has 0 unspecified atom stereocenters. The van der Waals surface area contributed by atoms with Gasteiger partial charge in [0, 0.05) is 25.4 Å². The van der Waals surface area contributed by atoms with Crippen LogP contribution in [0.2, 0.25) is 0 Å². The van der Waals surface area contributed by atoms with Crippen LogP contribution in [0.4, 0.5) is 0 Å². The number of Topliss-reactive ketones (excluding diaryl/α,β-unsaturated/α-hetero) is 1. The Balaban J connectivity index is 1.49. The second-order valence-corrected chi connectivity index (χ2v) is 7.61. The van der Waals surface area contributed by atoms with E-state index in [9.17, 15) is 9.59 Å². The number of benzene rings is 2. The van der Waals surface area contributed by atoms with Gasteiger partial charge >= 0.3 is 5.97 Å². The summed E-state index contributed by atoms with van der Waals surface area (Å²) in [5.74, 6) is 0.546. The summed E-state index contributed by atoms with van der Waals surface area (Å²) in [6, 6.07) is 19.8. The lowest BCUT2D eigenvalue weighted by atomic mass is 9.84. The van der Waals surface area contributed by atoms with Crippen molar-refractivity contribution in [3.8, 4) is 0 Å². The molecule has 0 radical (unpaired) electrons. The van der Waals surface area contributed by atoms with E-state index in [1.165, 1.54) is 0 Å². The van der Waals surface area contributed by atoms with Crippen LogP contribution in [0.1, 0.15) is 36.8 Å². The molecule has 1 aliphatic carbocycles. The molecule has 0 N–H and O–H groups in total. The van der Waals surface area contributed by atoms with E-state index in [1.807, 2.05) is 48.5 Å². The van der Waals surface area contributed by atoms with Crippen molar-refractivity contribution >= 4 is 11.8 Å². The van der Waals surface area contributed by atoms with E-state index in [0.717, 1.165) is 24.0 Å². The topological polar surface area (TPSA) is 46.6 Å². The monoisotopic (exact) mass is 363 g/mol. The highest BCUT2D eigenvalue weighted by molar-refractivity contribution is 5.81. The van der Waals surface area contributed by atoms with Gasteiger partial charge in [0.1, 0.15) is 18.4 Å². The lowest BCUT2D eigenvalue weighted by molar-refractivity contribution is -0.151. The number of carbonyl (C=O) groups is 2. The molecule has 2 fully saturated rings. The summed E-state index contributed by atoms with van der Waals surface area (Å²) in [4.78, 5) is 27.2. The molecule has 0 aromatic heterocycles. The molecule has 0 bridgehead atoms. The van der Waals surface area contributed by atoms with Gasteiger partial charge in [-0.3, -0.25) is 14.5 Å². The lowest BCUT2D eigenvalue weighted by Crippen LogP contribution is -2.43. The quantitative estimate of drug-likeness (QED) is 0.759. The Kier molecular flexibility index (Phi) is 5.35. The maximum atomic E-state index is 12.9. The average molecular weight is 363 g/mol. The van der Waals surface area contributed by atoms with Crippen LogP contribution in [-0.2, 0) is 27.5 Å². The minimum Gasteiger partial charge on any atom is -0.460 e. The lowest BCUT2D eigenvalue weighted by Gasteiger charge is -2.32. The van der Waals surface area contributed by atoms with E-state index in [4.69, 9.17) is 4.74 Å². The zero-order valence-electron chi connectivity index (χ0n) is 15.4. The molecule has 140 valence electrons. The Morgan fingerprint density at radius 3 is 2.37 bits per heavy atom. The molecule has 1 heterocycles. The third-order valence-electron chi connectivity index (χ3n) is 5.83. The fourth-order valence-corrected chi connectivity index (χ4v) is 4.44. The number of hydrogen-bond acceptors (Lipinski definition) is 4. The molecule has 1 saturated carbocycles. The molecule has 2 aromatic rings. The zero-order chi connectivity index (χ0) is 18.6. The number of likely N-dealkylation sites (tertiary alicyclic amines) is 1. The number of fused-ring (bicyclic) bond motifs is 1. The average Bonchev–Trinajstić information content (AvgIpc) is 3.05. The number of carbonyl (C=O) groups excluding carboxylic acids is 2. The van der Waals surface area contributed by atoms with Crippen LogP contribution in [-0.4, -0.2) is 28.7 Å². The minimum atomic E-state index is -0.269. The molecule has 4 heteroatoms. The molecule has 4 nitrogen and oxygen atoms in total. The number of rotatable bonds is 5. The van der Waals surface area contributed by atoms with E-state index in [0.29, 0.717) is 37.7 Å². The molecule has 0 amide bonds. The maximum absolute atomic E-state index is 12.9. The van der Waals surface area contributed by atoms with E-state index in [1.54, 1.807) is 0 Å². The first-order chi connectivity index (χ1) is 13.2. The Bertz CT molecular complexity index is 790. The van der Waals surface area contributed by atoms with E-state index in [2.05, 4.69) is 17.0 Å². The first-order valence-electron chi connectivity index (χ1n) is 9.72. The van der Waals surface area contributed by atoms with Crippen molar-refractivity contribution in [2.75, 3.05) is 0 Å². The van der Waals surface area contributed by atoms with Gasteiger partial charge in [-0.05, 0) is 29.9 Å². The Morgan fingerprint density at radius 2 is 1.67 bits per heavy atom. The summed E-state index contributed by atoms with van der Waals surface area (Å²) in [5, 5.41) is 0. The van der Waals surface area contributed by atoms with Crippen LogP contribution in [0.3, 0.4) is 0 Å². The van der Waals surface area contributed by atoms with Gasteiger partial charge in [-0.15, -0.1) is 0 Å². The third kappa shape index (κ3) is 4.11. The van der Waals surface area contributed by atoms with E-state index in [-0.39, 0.29) is 18.1 Å². The molecule has 2 aromatic carbocycles. The molecular weight excluding hydrogens is 338 g/mol. The molecule has 0 spiro atoms. The normalized spacial score (nSPS) is 25.2. The predicted molar refractivity (Wildman–Crippen MR) is 103 cm³/mol. The fourth-order valence-electron chi connectivity index (χ4n) is 4.44. The van der Waals surface area contributed by atoms with Crippen molar-refractivity contribution in [3.05, 3.63) is 71.8 Å². The van der Waals surface area contributed by atoms with Crippen molar-refractivity contribution < 1.29 is 14.3 Å². The van der Waals surface area contributed by atoms with Crippen molar-refractivity contribution in [2.45, 2.75) is 50.9 Å². The predicted octanol–water partition coefficient (Wildman–Crippen LogP) is 3.74. The van der Waals surface area contributed by atoms with Crippen molar-refractivity contribution in [3.63, 3.8) is 0 Å². The van der Waals surface area contributed by atoms with Gasteiger partial charge in [0.05, 0.1) is 0 Å². The van der Waals surface area contributed by atoms with Crippen LogP contribution in [0, 0.1) is 5.92 Å². The SMILES string of the molecule is O=C1CC[C@@H]2C[C@@H](C(=O)OCc3ccccc3)N(Cc3ccccc3)[C@@H]2C1. The Hall–Kier alpha value is -2.46. The van der Waals surface area contributed by atoms with Crippen LogP contribution in [0.15, 0.2) is 60.7 Å². The largest absolute Gasteiger partial charge is 0.460 e. The second-order valence-electron chi connectivity index (χ2n) is 7.61. The van der Waals surface area contributed by atoms with Crippen molar-refractivity contribution in [2.24, 2.45) is 5.92 Å². The summed E-state index contributed by atoms with van der Waals surface area (Å²) in [6.45, 7) is 0.976. The number of nitrogens with zero attached hydrogens (tertiary/aromatic N) is 1. The van der Waals surface area contributed by atoms with Gasteiger partial charge in [0.15, 0.2) is 0 Å². The first-order valence-corrected chi connectivity index (χ1v) is 9.72. The fraction of sp³-hybridized carbons (Fsp3) is 0.391. The van der Waals surface area contributed by atoms with Crippen LogP contribution in [0.25, 0.3) is 0 Å². The minimum absolute atomic E-state index is 0.153. The molecule has 4 rings (SSSR count). The molecule has 1 saturated heterocycles. The van der Waals surface area contributed by atoms with Gasteiger partial charge in [0.25, 0.3) is 0 Å². The standard InChI is InChI=1S/C23H25NO3/c25-20-12-11-19-13-22(23(26)27-16-18-9-5-2-6-10-18)24(21(19)14-20)15-17-7-3-1-4-8-17/h1-10,19,21-22H,11-16H2/t19-,21-,22+/m1/s1. The summed E-state index contributed by atoms with van der Waals surface area (Å²) in [7, 11) is 0. The number of ether oxygens (including phenoxy) is 1. The van der Waals surface area contributed by atoms with Crippen LogP contribution in [0.5, 0.6) is 0 Å². The van der Waals surface area contributed by atoms with Gasteiger partial charge in [0.2, 0.25) is 0 Å². The summed E-state index contributed by atoms with van der Waals surface area (Å²) < 4.78 is 5.65. The summed E-state index contributed by atoms with van der Waals surface area (Å²) in [5.41, 5.74) is 2.16. The molecular formula is C23H25NO3. The molecule has 2 aliphatic rings. The number of ketones is 1. The Morgan fingerprint density at radius 1 is 1.00 bits per heavy atom. The van der Waals surface area contributed by atoms with Crippen molar-refractivity contribution in [1.82, 2.24) is 4.90 Å². The number of esters is 1. The molecule has 27 heavy (non-hydrogen) atoms. The summed E-state index contributed by atoms with van der Waals surface area (Å²) in [6.07, 6.45) is 2.88. The highest BCUT2D eigenvalue weighted by atomic mass is 16.5. The van der Waals surface area contributed by atoms with E-state index >= 15 is 0 Å². The third-order valence-corrected chi connectivity index (χ3v) is 5.83. The highest BCUT2D eigenvalue weighted by Crippen LogP contribution is 2.40. The second kappa shape index (κ2) is 8.05. The first kappa shape index (κ1) is 17.9. The van der Waals surface area contributed by atoms with Gasteiger partial charge < -0.3 is 4.74 Å². The number of hydrogen-bond donors (Lipinski definition) is 0. The van der Waals surface area contributed by atoms with Gasteiger partial charge in [-0.25, -0.2) is 0 Å². The van der Waals surface area contributed by atoms with Gasteiger partial charge in [-0.1, -0.05) is 60.7 Å². The van der Waals surface area contributed by atoms with Crippen molar-refractivity contribution in [1.29, 1.82) is 0 Å². The highest BCUT2D eigenvalue weighted by Gasteiger charge is 2.47. The maximum Gasteiger partial charge on any atom is 0.323 e. The zero-order valence-corrected chi connectivity index (χ0v) is 15.4. The summed E-state index contributed by atoms with van der Waals surface area (Å²) >= 11 is 0. The van der Waals surface area contributed by atoms with Crippen LogP contribution >= 0.6 is 0 Å². The molecule has 3 atom stereocenters. The van der Waals surface area contributed by atoms with Gasteiger partial charge in [-0.2, -0.15) is 0 Å². The Labute approximate surface area is 160 Å². The van der Waals surface area contributed by atoms with Crippen LogP contribution < -0.4 is 0 Å². The van der Waals surface area contributed by atoms with E-state index < -0.39 is 0 Å².